The van der Waals surface area contributed by atoms with Crippen molar-refractivity contribution in [3.05, 3.63) is 176 Å². The molecule has 10 aromatic rings. The number of fused-ring (bicyclic) bond motifs is 11. The van der Waals surface area contributed by atoms with Crippen LogP contribution in [0, 0.1) is 0 Å². The van der Waals surface area contributed by atoms with Gasteiger partial charge in [-0.1, -0.05) is 97.1 Å². The lowest BCUT2D eigenvalue weighted by atomic mass is 9.93. The van der Waals surface area contributed by atoms with Crippen LogP contribution in [-0.4, -0.2) is 0 Å². The normalized spacial score (nSPS) is 12.0. The molecule has 1 aliphatic heterocycles. The van der Waals surface area contributed by atoms with E-state index in [4.69, 9.17) is 13.6 Å². The molecular weight excluding hydrogens is 639 g/mol. The number of nitrogens with zero attached hydrogens (tertiary/aromatic N) is 1. The number of para-hydroxylation sites is 4. The van der Waals surface area contributed by atoms with Gasteiger partial charge in [-0.15, -0.1) is 0 Å². The second kappa shape index (κ2) is 11.2. The molecule has 0 saturated carbocycles. The van der Waals surface area contributed by atoms with E-state index in [0.717, 1.165) is 106 Å². The summed E-state index contributed by atoms with van der Waals surface area (Å²) in [5, 5.41) is 4.43. The third-order valence-corrected chi connectivity index (χ3v) is 10.3. The van der Waals surface area contributed by atoms with Gasteiger partial charge in [-0.25, -0.2) is 0 Å². The lowest BCUT2D eigenvalue weighted by molar-refractivity contribution is 0.488. The standard InChI is InChI=1S/C48H29NO3/c1-5-13-43-36(9-1)35-24-22-33(28-40(35)37-10-2-6-14-44(37)50-43)49(34-23-26-48-42(29-34)39-12-4-8-16-46(39)52-48)32-20-17-30(18-21-32)31-19-25-47-41(27-31)38-11-3-7-15-45(38)51-47/h1-29H. The van der Waals surface area contributed by atoms with Crippen molar-refractivity contribution < 1.29 is 13.6 Å². The van der Waals surface area contributed by atoms with E-state index in [1.165, 1.54) is 0 Å². The van der Waals surface area contributed by atoms with E-state index in [-0.39, 0.29) is 0 Å². The average molecular weight is 668 g/mol. The second-order valence-electron chi connectivity index (χ2n) is 13.3. The molecule has 0 aliphatic carbocycles. The number of hydrogen-bond acceptors (Lipinski definition) is 4. The van der Waals surface area contributed by atoms with Crippen LogP contribution in [0.4, 0.5) is 17.1 Å². The first-order chi connectivity index (χ1) is 25.7. The topological polar surface area (TPSA) is 38.8 Å². The highest BCUT2D eigenvalue weighted by molar-refractivity contribution is 6.07. The van der Waals surface area contributed by atoms with Crippen molar-refractivity contribution in [2.45, 2.75) is 0 Å². The molecule has 4 heteroatoms. The largest absolute Gasteiger partial charge is 0.456 e. The van der Waals surface area contributed by atoms with Gasteiger partial charge in [0.25, 0.3) is 0 Å². The van der Waals surface area contributed by atoms with Crippen molar-refractivity contribution in [2.24, 2.45) is 0 Å². The molecule has 0 unspecified atom stereocenters. The van der Waals surface area contributed by atoms with Gasteiger partial charge in [0.05, 0.1) is 0 Å². The fourth-order valence-corrected chi connectivity index (χ4v) is 7.81. The molecule has 0 saturated heterocycles. The van der Waals surface area contributed by atoms with Gasteiger partial charge in [0.15, 0.2) is 0 Å². The van der Waals surface area contributed by atoms with E-state index in [1.807, 2.05) is 48.5 Å². The molecule has 0 radical (unpaired) electrons. The Kier molecular flexibility index (Phi) is 6.22. The summed E-state index contributed by atoms with van der Waals surface area (Å²) in [6.45, 7) is 0. The zero-order chi connectivity index (χ0) is 34.2. The molecule has 0 atom stereocenters. The zero-order valence-electron chi connectivity index (χ0n) is 27.9. The highest BCUT2D eigenvalue weighted by atomic mass is 16.5. The van der Waals surface area contributed by atoms with Gasteiger partial charge < -0.3 is 18.5 Å². The SMILES string of the molecule is c1ccc2c(c1)Oc1ccccc1-c1cc(N(c3ccc(-c4ccc5oc6ccccc6c5c4)cc3)c3ccc4oc5ccccc5c4c3)ccc1-2. The van der Waals surface area contributed by atoms with Crippen LogP contribution in [0.1, 0.15) is 0 Å². The van der Waals surface area contributed by atoms with Crippen molar-refractivity contribution >= 4 is 60.9 Å². The minimum absolute atomic E-state index is 0.843. The van der Waals surface area contributed by atoms with Crippen molar-refractivity contribution in [1.29, 1.82) is 0 Å². The van der Waals surface area contributed by atoms with Gasteiger partial charge in [-0.3, -0.25) is 0 Å². The molecule has 52 heavy (non-hydrogen) atoms. The van der Waals surface area contributed by atoms with Crippen molar-refractivity contribution in [2.75, 3.05) is 4.90 Å². The van der Waals surface area contributed by atoms with Gasteiger partial charge in [-0.05, 0) is 101 Å². The summed E-state index contributed by atoms with van der Waals surface area (Å²) in [5.74, 6) is 1.70. The molecule has 8 aromatic carbocycles. The van der Waals surface area contributed by atoms with E-state index >= 15 is 0 Å². The van der Waals surface area contributed by atoms with Gasteiger partial charge >= 0.3 is 0 Å². The van der Waals surface area contributed by atoms with Crippen LogP contribution < -0.4 is 9.64 Å². The molecule has 11 rings (SSSR count). The molecule has 0 spiro atoms. The Morgan fingerprint density at radius 3 is 1.52 bits per heavy atom. The molecule has 0 bridgehead atoms. The summed E-state index contributed by atoms with van der Waals surface area (Å²) in [7, 11) is 0. The molecule has 3 heterocycles. The summed E-state index contributed by atoms with van der Waals surface area (Å²) < 4.78 is 18.9. The molecule has 0 N–H and O–H groups in total. The quantitative estimate of drug-likeness (QED) is 0.187. The Labute approximate surface area is 299 Å². The van der Waals surface area contributed by atoms with E-state index in [9.17, 15) is 0 Å². The van der Waals surface area contributed by atoms with Gasteiger partial charge in [0.2, 0.25) is 0 Å². The summed E-state index contributed by atoms with van der Waals surface area (Å²) in [6, 6.07) is 61.5. The molecule has 244 valence electrons. The number of ether oxygens (including phenoxy) is 1. The Bertz CT molecular complexity index is 3000. The van der Waals surface area contributed by atoms with Crippen LogP contribution in [0.2, 0.25) is 0 Å². The molecule has 0 fully saturated rings. The van der Waals surface area contributed by atoms with Crippen molar-refractivity contribution in [1.82, 2.24) is 0 Å². The zero-order valence-corrected chi connectivity index (χ0v) is 27.9. The van der Waals surface area contributed by atoms with Crippen LogP contribution in [-0.2, 0) is 0 Å². The number of benzene rings is 8. The van der Waals surface area contributed by atoms with Gasteiger partial charge in [-0.2, -0.15) is 0 Å². The first-order valence-corrected chi connectivity index (χ1v) is 17.5. The smallest absolute Gasteiger partial charge is 0.135 e. The summed E-state index contributed by atoms with van der Waals surface area (Å²) in [5.41, 5.74) is 13.3. The number of hydrogen-bond donors (Lipinski definition) is 0. The number of anilines is 3. The molecule has 0 amide bonds. The van der Waals surface area contributed by atoms with Crippen molar-refractivity contribution in [3.8, 4) is 44.9 Å². The third-order valence-electron chi connectivity index (χ3n) is 10.3. The van der Waals surface area contributed by atoms with E-state index in [2.05, 4.69) is 132 Å². The average Bonchev–Trinajstić information content (AvgIpc) is 3.72. The maximum atomic E-state index is 6.51. The summed E-state index contributed by atoms with van der Waals surface area (Å²) in [6.07, 6.45) is 0. The van der Waals surface area contributed by atoms with Crippen LogP contribution >= 0.6 is 0 Å². The third kappa shape index (κ3) is 4.48. The first kappa shape index (κ1) is 28.8. The number of rotatable bonds is 4. The van der Waals surface area contributed by atoms with Crippen LogP contribution in [0.5, 0.6) is 11.5 Å². The van der Waals surface area contributed by atoms with E-state index in [0.29, 0.717) is 0 Å². The Balaban J connectivity index is 1.09. The lowest BCUT2D eigenvalue weighted by Crippen LogP contribution is -2.10. The lowest BCUT2D eigenvalue weighted by Gasteiger charge is -2.27. The number of furan rings is 2. The highest BCUT2D eigenvalue weighted by Crippen LogP contribution is 2.49. The summed E-state index contributed by atoms with van der Waals surface area (Å²) in [4.78, 5) is 2.33. The molecular formula is C48H29NO3. The van der Waals surface area contributed by atoms with Gasteiger partial charge in [0, 0.05) is 49.7 Å². The van der Waals surface area contributed by atoms with Crippen LogP contribution in [0.25, 0.3) is 77.3 Å². The maximum absolute atomic E-state index is 6.51. The first-order valence-electron chi connectivity index (χ1n) is 17.5. The molecule has 2 aromatic heterocycles. The van der Waals surface area contributed by atoms with E-state index < -0.39 is 0 Å². The Hall–Kier alpha value is -7.04. The Morgan fingerprint density at radius 1 is 0.308 bits per heavy atom. The maximum Gasteiger partial charge on any atom is 0.135 e. The van der Waals surface area contributed by atoms with Crippen LogP contribution in [0.3, 0.4) is 0 Å². The predicted molar refractivity (Wildman–Crippen MR) is 212 cm³/mol. The Morgan fingerprint density at radius 2 is 0.808 bits per heavy atom. The fourth-order valence-electron chi connectivity index (χ4n) is 7.81. The van der Waals surface area contributed by atoms with Crippen molar-refractivity contribution in [3.63, 3.8) is 0 Å². The summed E-state index contributed by atoms with van der Waals surface area (Å²) >= 11 is 0. The fraction of sp³-hybridized carbons (Fsp3) is 0. The van der Waals surface area contributed by atoms with E-state index in [1.54, 1.807) is 0 Å². The molecule has 4 nitrogen and oxygen atoms in total. The minimum Gasteiger partial charge on any atom is -0.456 e. The van der Waals surface area contributed by atoms with Crippen LogP contribution in [0.15, 0.2) is 185 Å². The minimum atomic E-state index is 0.843. The monoisotopic (exact) mass is 667 g/mol. The molecule has 1 aliphatic rings. The highest BCUT2D eigenvalue weighted by Gasteiger charge is 2.23. The predicted octanol–water partition coefficient (Wildman–Crippen LogP) is 14.1. The second-order valence-corrected chi connectivity index (χ2v) is 13.3. The van der Waals surface area contributed by atoms with Gasteiger partial charge in [0.1, 0.15) is 33.8 Å².